The Bertz CT molecular complexity index is 485. The van der Waals surface area contributed by atoms with Crippen LogP contribution in [-0.4, -0.2) is 0 Å². The van der Waals surface area contributed by atoms with Crippen LogP contribution in [0.3, 0.4) is 0 Å². The fourth-order valence-electron chi connectivity index (χ4n) is 2.49. The first-order valence-electron chi connectivity index (χ1n) is 6.93. The molecule has 0 bridgehead atoms. The second-order valence-corrected chi connectivity index (χ2v) is 5.16. The van der Waals surface area contributed by atoms with Gasteiger partial charge in [-0.1, -0.05) is 37.5 Å². The third-order valence-corrected chi connectivity index (χ3v) is 3.85. The highest BCUT2D eigenvalue weighted by molar-refractivity contribution is 5.73. The van der Waals surface area contributed by atoms with E-state index in [1.807, 2.05) is 32.1 Å². The first-order chi connectivity index (χ1) is 9.15. The van der Waals surface area contributed by atoms with Crippen LogP contribution in [0.2, 0.25) is 0 Å². The van der Waals surface area contributed by atoms with Gasteiger partial charge in [0.2, 0.25) is 0 Å². The predicted molar refractivity (Wildman–Crippen MR) is 75.9 cm³/mol. The second-order valence-electron chi connectivity index (χ2n) is 5.16. The van der Waals surface area contributed by atoms with E-state index < -0.39 is 11.6 Å². The second kappa shape index (κ2) is 6.14. The summed E-state index contributed by atoms with van der Waals surface area (Å²) < 4.78 is 28.2. The summed E-state index contributed by atoms with van der Waals surface area (Å²) in [6.07, 6.45) is 9.51. The van der Waals surface area contributed by atoms with Crippen LogP contribution in [0.5, 0.6) is 0 Å². The van der Waals surface area contributed by atoms with Gasteiger partial charge in [0.05, 0.1) is 0 Å². The van der Waals surface area contributed by atoms with Crippen molar-refractivity contribution in [3.05, 3.63) is 53.1 Å². The number of allylic oxidation sites excluding steroid dienone is 4. The van der Waals surface area contributed by atoms with Crippen LogP contribution in [0, 0.1) is 17.6 Å². The van der Waals surface area contributed by atoms with Gasteiger partial charge in [-0.3, -0.25) is 0 Å². The highest BCUT2D eigenvalue weighted by Crippen LogP contribution is 2.32. The quantitative estimate of drug-likeness (QED) is 0.647. The molecule has 1 aliphatic carbocycles. The number of benzene rings is 1. The van der Waals surface area contributed by atoms with E-state index in [1.54, 1.807) is 0 Å². The SMILES string of the molecule is C/C=C\C(=C/C)c1cc(F)c(CC2CCC2)c(F)c1. The van der Waals surface area contributed by atoms with E-state index in [4.69, 9.17) is 0 Å². The fourth-order valence-corrected chi connectivity index (χ4v) is 2.49. The van der Waals surface area contributed by atoms with Gasteiger partial charge in [-0.15, -0.1) is 0 Å². The van der Waals surface area contributed by atoms with Gasteiger partial charge < -0.3 is 0 Å². The highest BCUT2D eigenvalue weighted by atomic mass is 19.1. The number of halogens is 2. The summed E-state index contributed by atoms with van der Waals surface area (Å²) in [7, 11) is 0. The summed E-state index contributed by atoms with van der Waals surface area (Å²) in [4.78, 5) is 0. The molecular weight excluding hydrogens is 242 g/mol. The van der Waals surface area contributed by atoms with Gasteiger partial charge in [0, 0.05) is 5.56 Å². The average Bonchev–Trinajstić information content (AvgIpc) is 2.32. The van der Waals surface area contributed by atoms with E-state index in [9.17, 15) is 8.78 Å². The molecular formula is C17H20F2. The van der Waals surface area contributed by atoms with Gasteiger partial charge in [0.25, 0.3) is 0 Å². The van der Waals surface area contributed by atoms with Crippen LogP contribution in [-0.2, 0) is 6.42 Å². The topological polar surface area (TPSA) is 0 Å². The molecule has 0 aliphatic heterocycles. The lowest BCUT2D eigenvalue weighted by molar-refractivity contribution is 0.307. The van der Waals surface area contributed by atoms with Gasteiger partial charge in [-0.25, -0.2) is 8.78 Å². The van der Waals surface area contributed by atoms with Gasteiger partial charge >= 0.3 is 0 Å². The first kappa shape index (κ1) is 14.0. The standard InChI is InChI=1S/C17H20F2/c1-3-6-13(4-2)14-10-16(18)15(17(19)11-14)9-12-7-5-8-12/h3-4,6,10-12H,5,7-9H2,1-2H3/b6-3-,13-4+. The van der Waals surface area contributed by atoms with Crippen molar-refractivity contribution < 1.29 is 8.78 Å². The lowest BCUT2D eigenvalue weighted by Crippen LogP contribution is -2.15. The van der Waals surface area contributed by atoms with Crippen LogP contribution >= 0.6 is 0 Å². The Balaban J connectivity index is 2.29. The molecule has 0 heterocycles. The third-order valence-electron chi connectivity index (χ3n) is 3.85. The van der Waals surface area contributed by atoms with Crippen molar-refractivity contribution in [2.45, 2.75) is 39.5 Å². The van der Waals surface area contributed by atoms with Crippen molar-refractivity contribution in [3.8, 4) is 0 Å². The molecule has 0 atom stereocenters. The monoisotopic (exact) mass is 262 g/mol. The minimum absolute atomic E-state index is 0.254. The third kappa shape index (κ3) is 3.12. The lowest BCUT2D eigenvalue weighted by Gasteiger charge is -2.25. The predicted octanol–water partition coefficient (Wildman–Crippen LogP) is 5.29. The van der Waals surface area contributed by atoms with Crippen LogP contribution in [0.1, 0.15) is 44.2 Å². The Morgan fingerprint density at radius 3 is 2.26 bits per heavy atom. The Kier molecular flexibility index (Phi) is 4.52. The molecule has 0 unspecified atom stereocenters. The van der Waals surface area contributed by atoms with Crippen molar-refractivity contribution in [1.82, 2.24) is 0 Å². The molecule has 0 N–H and O–H groups in total. The van der Waals surface area contributed by atoms with Crippen LogP contribution < -0.4 is 0 Å². The van der Waals surface area contributed by atoms with E-state index in [-0.39, 0.29) is 5.56 Å². The summed E-state index contributed by atoms with van der Waals surface area (Å²) >= 11 is 0. The van der Waals surface area contributed by atoms with Crippen LogP contribution in [0.15, 0.2) is 30.4 Å². The smallest absolute Gasteiger partial charge is 0.129 e. The van der Waals surface area contributed by atoms with Crippen molar-refractivity contribution in [2.75, 3.05) is 0 Å². The van der Waals surface area contributed by atoms with Crippen LogP contribution in [0.4, 0.5) is 8.78 Å². The van der Waals surface area contributed by atoms with Gasteiger partial charge in [-0.2, -0.15) is 0 Å². The number of rotatable bonds is 4. The Morgan fingerprint density at radius 2 is 1.84 bits per heavy atom. The number of hydrogen-bond donors (Lipinski definition) is 0. The Morgan fingerprint density at radius 1 is 1.21 bits per heavy atom. The molecule has 19 heavy (non-hydrogen) atoms. The minimum Gasteiger partial charge on any atom is -0.207 e. The lowest BCUT2D eigenvalue weighted by atomic mass is 9.80. The minimum atomic E-state index is -0.411. The molecule has 0 spiro atoms. The van der Waals surface area contributed by atoms with E-state index in [1.165, 1.54) is 18.6 Å². The van der Waals surface area contributed by atoms with E-state index >= 15 is 0 Å². The largest absolute Gasteiger partial charge is 0.207 e. The molecule has 102 valence electrons. The van der Waals surface area contributed by atoms with Gasteiger partial charge in [-0.05, 0) is 49.5 Å². The zero-order valence-electron chi connectivity index (χ0n) is 11.5. The maximum Gasteiger partial charge on any atom is 0.129 e. The maximum atomic E-state index is 14.1. The molecule has 0 aromatic heterocycles. The Hall–Kier alpha value is -1.44. The van der Waals surface area contributed by atoms with Crippen molar-refractivity contribution in [2.24, 2.45) is 5.92 Å². The molecule has 2 rings (SSSR count). The maximum absolute atomic E-state index is 14.1. The summed E-state index contributed by atoms with van der Waals surface area (Å²) in [6, 6.07) is 2.90. The zero-order chi connectivity index (χ0) is 13.8. The molecule has 1 aliphatic rings. The van der Waals surface area contributed by atoms with Crippen molar-refractivity contribution in [3.63, 3.8) is 0 Å². The molecule has 1 aromatic carbocycles. The van der Waals surface area contributed by atoms with E-state index in [0.717, 1.165) is 18.4 Å². The molecule has 0 saturated heterocycles. The number of hydrogen-bond acceptors (Lipinski definition) is 0. The average molecular weight is 262 g/mol. The van der Waals surface area contributed by atoms with Crippen molar-refractivity contribution >= 4 is 5.57 Å². The summed E-state index contributed by atoms with van der Waals surface area (Å²) in [6.45, 7) is 3.76. The summed E-state index contributed by atoms with van der Waals surface area (Å²) in [5, 5.41) is 0. The summed E-state index contributed by atoms with van der Waals surface area (Å²) in [5.74, 6) is -0.358. The Labute approximate surface area is 113 Å². The van der Waals surface area contributed by atoms with E-state index in [2.05, 4.69) is 0 Å². The molecule has 0 amide bonds. The molecule has 0 radical (unpaired) electrons. The molecule has 0 nitrogen and oxygen atoms in total. The zero-order valence-corrected chi connectivity index (χ0v) is 11.5. The highest BCUT2D eigenvalue weighted by Gasteiger charge is 2.22. The van der Waals surface area contributed by atoms with Crippen molar-refractivity contribution in [1.29, 1.82) is 0 Å². The van der Waals surface area contributed by atoms with Crippen LogP contribution in [0.25, 0.3) is 5.57 Å². The fraction of sp³-hybridized carbons (Fsp3) is 0.412. The molecule has 1 aromatic rings. The van der Waals surface area contributed by atoms with Gasteiger partial charge in [0.1, 0.15) is 11.6 Å². The first-order valence-corrected chi connectivity index (χ1v) is 6.93. The molecule has 1 saturated carbocycles. The molecule has 1 fully saturated rings. The van der Waals surface area contributed by atoms with E-state index in [0.29, 0.717) is 17.9 Å². The van der Waals surface area contributed by atoms with Gasteiger partial charge in [0.15, 0.2) is 0 Å². The molecule has 2 heteroatoms. The normalized spacial score (nSPS) is 16.9. The summed E-state index contributed by atoms with van der Waals surface area (Å²) in [5.41, 5.74) is 1.70.